The Morgan fingerprint density at radius 2 is 2.14 bits per heavy atom. The van der Waals surface area contributed by atoms with E-state index in [9.17, 15) is 4.79 Å². The predicted octanol–water partition coefficient (Wildman–Crippen LogP) is 3.20. The highest BCUT2D eigenvalue weighted by Gasteiger charge is 2.27. The van der Waals surface area contributed by atoms with Crippen molar-refractivity contribution in [3.63, 3.8) is 0 Å². The first-order valence-electron chi connectivity index (χ1n) is 7.02. The number of amides is 1. The molecule has 0 radical (unpaired) electrons. The van der Waals surface area contributed by atoms with Crippen LogP contribution in [-0.4, -0.2) is 28.9 Å². The van der Waals surface area contributed by atoms with E-state index in [1.54, 1.807) is 25.0 Å². The highest BCUT2D eigenvalue weighted by molar-refractivity contribution is 5.93. The zero-order chi connectivity index (χ0) is 15.0. The largest absolute Gasteiger partial charge is 0.465 e. The summed E-state index contributed by atoms with van der Waals surface area (Å²) in [6.45, 7) is 6.86. The van der Waals surface area contributed by atoms with Gasteiger partial charge in [-0.1, -0.05) is 5.57 Å². The minimum absolute atomic E-state index is 0.107. The first-order valence-corrected chi connectivity index (χ1v) is 7.02. The molecule has 1 amide bonds. The third kappa shape index (κ3) is 2.51. The molecule has 0 spiro atoms. The van der Waals surface area contributed by atoms with E-state index in [0.717, 1.165) is 17.8 Å². The molecule has 0 aromatic carbocycles. The average Bonchev–Trinajstić information content (AvgIpc) is 3.08. The van der Waals surface area contributed by atoms with Crippen LogP contribution in [0.3, 0.4) is 0 Å². The quantitative estimate of drug-likeness (QED) is 0.850. The van der Waals surface area contributed by atoms with Crippen LogP contribution in [-0.2, 0) is 0 Å². The van der Waals surface area contributed by atoms with Crippen molar-refractivity contribution >= 4 is 11.5 Å². The predicted molar refractivity (Wildman–Crippen MR) is 77.8 cm³/mol. The normalized spacial score (nSPS) is 15.7. The average molecular weight is 286 g/mol. The SMILES string of the molecule is CC1=C(c2ccco2)CN(C(=O)c2oc(C)nc2C)CC1. The Morgan fingerprint density at radius 1 is 1.33 bits per heavy atom. The molecule has 0 fully saturated rings. The maximum Gasteiger partial charge on any atom is 0.291 e. The Labute approximate surface area is 123 Å². The summed E-state index contributed by atoms with van der Waals surface area (Å²) in [6, 6.07) is 3.79. The Kier molecular flexibility index (Phi) is 3.41. The zero-order valence-corrected chi connectivity index (χ0v) is 12.5. The number of carbonyl (C=O) groups excluding carboxylic acids is 1. The van der Waals surface area contributed by atoms with Gasteiger partial charge in [-0.3, -0.25) is 4.79 Å². The second-order valence-corrected chi connectivity index (χ2v) is 5.36. The topological polar surface area (TPSA) is 59.5 Å². The van der Waals surface area contributed by atoms with E-state index in [0.29, 0.717) is 30.4 Å². The Hall–Kier alpha value is -2.30. The number of aromatic nitrogens is 1. The van der Waals surface area contributed by atoms with Crippen molar-refractivity contribution in [1.29, 1.82) is 0 Å². The summed E-state index contributed by atoms with van der Waals surface area (Å²) in [5, 5.41) is 0. The molecule has 0 atom stereocenters. The van der Waals surface area contributed by atoms with Gasteiger partial charge in [-0.2, -0.15) is 0 Å². The minimum atomic E-state index is -0.107. The van der Waals surface area contributed by atoms with E-state index < -0.39 is 0 Å². The summed E-state index contributed by atoms with van der Waals surface area (Å²) in [4.78, 5) is 18.6. The number of nitrogens with zero attached hydrogens (tertiary/aromatic N) is 2. The summed E-state index contributed by atoms with van der Waals surface area (Å²) < 4.78 is 10.9. The number of aryl methyl sites for hydroxylation is 2. The summed E-state index contributed by atoms with van der Waals surface area (Å²) >= 11 is 0. The van der Waals surface area contributed by atoms with Gasteiger partial charge in [-0.05, 0) is 32.4 Å². The number of oxazole rings is 1. The van der Waals surface area contributed by atoms with Gasteiger partial charge in [-0.25, -0.2) is 4.98 Å². The van der Waals surface area contributed by atoms with Gasteiger partial charge >= 0.3 is 0 Å². The van der Waals surface area contributed by atoms with Gasteiger partial charge in [0, 0.05) is 25.6 Å². The van der Waals surface area contributed by atoms with E-state index in [1.807, 2.05) is 12.1 Å². The third-order valence-electron chi connectivity index (χ3n) is 3.82. The minimum Gasteiger partial charge on any atom is -0.465 e. The molecule has 0 saturated heterocycles. The molecule has 2 aromatic rings. The fourth-order valence-electron chi connectivity index (χ4n) is 2.64. The molecule has 0 saturated carbocycles. The Balaban J connectivity index is 1.86. The first-order chi connectivity index (χ1) is 10.1. The molecule has 3 heterocycles. The summed E-state index contributed by atoms with van der Waals surface area (Å²) in [5.41, 5.74) is 2.98. The van der Waals surface area contributed by atoms with Crippen molar-refractivity contribution in [2.75, 3.05) is 13.1 Å². The number of furan rings is 1. The van der Waals surface area contributed by atoms with Crippen LogP contribution in [0.5, 0.6) is 0 Å². The fourth-order valence-corrected chi connectivity index (χ4v) is 2.64. The van der Waals surface area contributed by atoms with Gasteiger partial charge in [0.2, 0.25) is 5.76 Å². The van der Waals surface area contributed by atoms with Crippen LogP contribution in [0.15, 0.2) is 32.8 Å². The zero-order valence-electron chi connectivity index (χ0n) is 12.5. The molecule has 21 heavy (non-hydrogen) atoms. The van der Waals surface area contributed by atoms with E-state index in [4.69, 9.17) is 8.83 Å². The lowest BCUT2D eigenvalue weighted by Crippen LogP contribution is -2.36. The van der Waals surface area contributed by atoms with Crippen LogP contribution in [0, 0.1) is 13.8 Å². The van der Waals surface area contributed by atoms with Crippen LogP contribution in [0.4, 0.5) is 0 Å². The molecule has 0 aliphatic carbocycles. The first kappa shape index (κ1) is 13.7. The molecule has 0 N–H and O–H groups in total. The van der Waals surface area contributed by atoms with Gasteiger partial charge in [0.15, 0.2) is 5.89 Å². The van der Waals surface area contributed by atoms with Crippen LogP contribution >= 0.6 is 0 Å². The summed E-state index contributed by atoms with van der Waals surface area (Å²) in [7, 11) is 0. The lowest BCUT2D eigenvalue weighted by molar-refractivity contribution is 0.0738. The highest BCUT2D eigenvalue weighted by atomic mass is 16.4. The number of carbonyl (C=O) groups is 1. The second-order valence-electron chi connectivity index (χ2n) is 5.36. The fraction of sp³-hybridized carbons (Fsp3) is 0.375. The maximum absolute atomic E-state index is 12.6. The van der Waals surface area contributed by atoms with Crippen molar-refractivity contribution < 1.29 is 13.6 Å². The molecule has 1 aliphatic heterocycles. The van der Waals surface area contributed by atoms with Crippen molar-refractivity contribution in [3.05, 3.63) is 47.1 Å². The van der Waals surface area contributed by atoms with Crippen molar-refractivity contribution in [1.82, 2.24) is 9.88 Å². The lowest BCUT2D eigenvalue weighted by Gasteiger charge is -2.28. The summed E-state index contributed by atoms with van der Waals surface area (Å²) in [5.74, 6) is 1.58. The lowest BCUT2D eigenvalue weighted by atomic mass is 9.99. The van der Waals surface area contributed by atoms with Gasteiger partial charge in [0.05, 0.1) is 12.0 Å². The standard InChI is InChI=1S/C16H18N2O3/c1-10-6-7-18(9-13(10)14-5-4-8-20-14)16(19)15-11(2)17-12(3)21-15/h4-5,8H,6-7,9H2,1-3H3. The smallest absolute Gasteiger partial charge is 0.291 e. The Morgan fingerprint density at radius 3 is 2.76 bits per heavy atom. The van der Waals surface area contributed by atoms with Crippen molar-refractivity contribution in [2.24, 2.45) is 0 Å². The monoisotopic (exact) mass is 286 g/mol. The molecule has 5 nitrogen and oxygen atoms in total. The van der Waals surface area contributed by atoms with Crippen LogP contribution in [0.2, 0.25) is 0 Å². The molecule has 1 aliphatic rings. The summed E-state index contributed by atoms with van der Waals surface area (Å²) in [6.07, 6.45) is 2.49. The molecule has 2 aromatic heterocycles. The number of hydrogen-bond donors (Lipinski definition) is 0. The van der Waals surface area contributed by atoms with E-state index in [-0.39, 0.29) is 5.91 Å². The number of hydrogen-bond acceptors (Lipinski definition) is 4. The Bertz CT molecular complexity index is 695. The molecule has 110 valence electrons. The van der Waals surface area contributed by atoms with E-state index >= 15 is 0 Å². The van der Waals surface area contributed by atoms with Crippen LogP contribution < -0.4 is 0 Å². The van der Waals surface area contributed by atoms with Crippen LogP contribution in [0.1, 0.15) is 41.2 Å². The van der Waals surface area contributed by atoms with Crippen molar-refractivity contribution in [3.8, 4) is 0 Å². The van der Waals surface area contributed by atoms with Gasteiger partial charge < -0.3 is 13.7 Å². The molecular weight excluding hydrogens is 268 g/mol. The second kappa shape index (κ2) is 5.24. The molecule has 5 heteroatoms. The van der Waals surface area contributed by atoms with Gasteiger partial charge in [0.25, 0.3) is 5.91 Å². The third-order valence-corrected chi connectivity index (χ3v) is 3.82. The van der Waals surface area contributed by atoms with Crippen molar-refractivity contribution in [2.45, 2.75) is 27.2 Å². The molecule has 0 bridgehead atoms. The number of rotatable bonds is 2. The molecular formula is C16H18N2O3. The molecule has 0 unspecified atom stereocenters. The van der Waals surface area contributed by atoms with Crippen LogP contribution in [0.25, 0.3) is 5.57 Å². The van der Waals surface area contributed by atoms with Gasteiger partial charge in [0.1, 0.15) is 5.76 Å². The maximum atomic E-state index is 12.6. The highest BCUT2D eigenvalue weighted by Crippen LogP contribution is 2.28. The van der Waals surface area contributed by atoms with E-state index in [2.05, 4.69) is 11.9 Å². The van der Waals surface area contributed by atoms with E-state index in [1.165, 1.54) is 5.57 Å². The molecule has 3 rings (SSSR count). The van der Waals surface area contributed by atoms with Gasteiger partial charge in [-0.15, -0.1) is 0 Å².